The summed E-state index contributed by atoms with van der Waals surface area (Å²) < 4.78 is 14.3. The summed E-state index contributed by atoms with van der Waals surface area (Å²) in [6, 6.07) is 25.8. The molecule has 0 spiro atoms. The summed E-state index contributed by atoms with van der Waals surface area (Å²) in [6.45, 7) is 2.81. The van der Waals surface area contributed by atoms with Crippen LogP contribution in [0.2, 0.25) is 10.0 Å². The predicted molar refractivity (Wildman–Crippen MR) is 303 cm³/mol. The molecule has 1 aliphatic carbocycles. The van der Waals surface area contributed by atoms with E-state index in [9.17, 15) is 9.59 Å². The van der Waals surface area contributed by atoms with Crippen molar-refractivity contribution in [2.45, 2.75) is 120 Å². The Hall–Kier alpha value is -6.30. The Morgan fingerprint density at radius 1 is 0.744 bits per heavy atom. The molecule has 78 heavy (non-hydrogen) atoms. The van der Waals surface area contributed by atoms with Crippen LogP contribution in [0.4, 0.5) is 0 Å². The maximum Gasteiger partial charge on any atom is 0.247 e. The van der Waals surface area contributed by atoms with Crippen LogP contribution in [0.5, 0.6) is 11.5 Å². The van der Waals surface area contributed by atoms with E-state index >= 15 is 14.4 Å². The SMILES string of the molecule is COCC1NC(=O)C(CCCN)N(Cc2ccc(Cl)cc2Oc2ccc(-c3cnc(CN4CCCC4)n3C)cc2)C(=O)CC(Cc2ccccc2)C(=O)N(C)C2CCCCC2NC(=O)CC(Cc2ccc(Cl)cc2)N(C)C1=O. The van der Waals surface area contributed by atoms with Crippen LogP contribution in [0, 0.1) is 5.92 Å². The third-order valence-corrected chi connectivity index (χ3v) is 16.2. The number of likely N-dealkylation sites (N-methyl/N-ethyl adjacent to an activating group) is 2. The van der Waals surface area contributed by atoms with Crippen molar-refractivity contribution < 1.29 is 33.4 Å². The number of aromatic nitrogens is 2. The second kappa shape index (κ2) is 27.5. The van der Waals surface area contributed by atoms with Crippen molar-refractivity contribution in [3.8, 4) is 22.8 Å². The van der Waals surface area contributed by atoms with Crippen LogP contribution in [-0.4, -0.2) is 136 Å². The zero-order valence-electron chi connectivity index (χ0n) is 45.4. The molecule has 0 radical (unpaired) electrons. The Morgan fingerprint density at radius 3 is 2.17 bits per heavy atom. The molecule has 4 aromatic carbocycles. The number of carbonyl (C=O) groups is 5. The van der Waals surface area contributed by atoms with Gasteiger partial charge in [0.1, 0.15) is 29.4 Å². The fourth-order valence-corrected chi connectivity index (χ4v) is 11.6. The second-order valence-electron chi connectivity index (χ2n) is 21.2. The topological polar surface area (TPSA) is 185 Å². The van der Waals surface area contributed by atoms with Crippen molar-refractivity contribution in [3.05, 3.63) is 136 Å². The molecule has 6 atom stereocenters. The van der Waals surface area contributed by atoms with Crippen molar-refractivity contribution in [3.63, 3.8) is 0 Å². The number of fused-ring (bicyclic) bond motifs is 1. The van der Waals surface area contributed by atoms with Crippen LogP contribution in [-0.2, 0) is 61.7 Å². The fraction of sp³-hybridized carbons (Fsp3) is 0.467. The maximum atomic E-state index is 15.6. The summed E-state index contributed by atoms with van der Waals surface area (Å²) in [6.07, 6.45) is 7.96. The molecule has 1 saturated carbocycles. The lowest BCUT2D eigenvalue weighted by Gasteiger charge is -2.40. The molecule has 3 aliphatic rings. The monoisotopic (exact) mass is 1100 g/mol. The van der Waals surface area contributed by atoms with E-state index in [1.54, 1.807) is 49.3 Å². The Morgan fingerprint density at radius 2 is 1.45 bits per heavy atom. The number of hydrogen-bond donors (Lipinski definition) is 3. The van der Waals surface area contributed by atoms with Crippen LogP contribution in [0.25, 0.3) is 11.3 Å². The third kappa shape index (κ3) is 14.9. The number of methoxy groups -OCH3 is 1. The molecule has 4 N–H and O–H groups in total. The van der Waals surface area contributed by atoms with Crippen LogP contribution in [0.15, 0.2) is 103 Å². The molecule has 3 heterocycles. The highest BCUT2D eigenvalue weighted by Gasteiger charge is 2.40. The molecule has 3 fully saturated rings. The Labute approximate surface area is 468 Å². The van der Waals surface area contributed by atoms with Crippen molar-refractivity contribution in [1.29, 1.82) is 0 Å². The molecule has 2 saturated heterocycles. The number of ether oxygens (including phenoxy) is 2. The van der Waals surface area contributed by atoms with E-state index in [4.69, 9.17) is 43.4 Å². The zero-order valence-corrected chi connectivity index (χ0v) is 46.9. The summed E-state index contributed by atoms with van der Waals surface area (Å²) >= 11 is 13.0. The first-order chi connectivity index (χ1) is 37.7. The maximum absolute atomic E-state index is 15.6. The number of rotatable bonds is 16. The minimum atomic E-state index is -1.22. The predicted octanol–water partition coefficient (Wildman–Crippen LogP) is 7.96. The van der Waals surface area contributed by atoms with Gasteiger partial charge in [-0.25, -0.2) is 4.98 Å². The van der Waals surface area contributed by atoms with Gasteiger partial charge in [0.25, 0.3) is 0 Å². The Bertz CT molecular complexity index is 2830. The quantitative estimate of drug-likeness (QED) is 0.0876. The minimum absolute atomic E-state index is 0.0583. The van der Waals surface area contributed by atoms with Gasteiger partial charge in [-0.2, -0.15) is 0 Å². The summed E-state index contributed by atoms with van der Waals surface area (Å²) in [4.78, 5) is 87.0. The van der Waals surface area contributed by atoms with E-state index in [-0.39, 0.29) is 69.3 Å². The number of benzene rings is 4. The van der Waals surface area contributed by atoms with Crippen LogP contribution in [0.1, 0.15) is 86.7 Å². The molecule has 6 unspecified atom stereocenters. The summed E-state index contributed by atoms with van der Waals surface area (Å²) in [7, 11) is 6.84. The first-order valence-electron chi connectivity index (χ1n) is 27.4. The number of nitrogens with zero attached hydrogens (tertiary/aromatic N) is 6. The van der Waals surface area contributed by atoms with Crippen LogP contribution in [0.3, 0.4) is 0 Å². The normalized spacial score (nSPS) is 22.4. The van der Waals surface area contributed by atoms with Crippen LogP contribution >= 0.6 is 23.2 Å². The molecule has 2 aliphatic heterocycles. The Kier molecular flexibility index (Phi) is 20.4. The van der Waals surface area contributed by atoms with Crippen LogP contribution < -0.4 is 21.1 Å². The van der Waals surface area contributed by atoms with Crippen molar-refractivity contribution in [1.82, 2.24) is 39.8 Å². The molecule has 5 aromatic rings. The number of amides is 5. The van der Waals surface area contributed by atoms with Gasteiger partial charge in [0, 0.05) is 74.4 Å². The molecule has 18 heteroatoms. The number of likely N-dealkylation sites (tertiary alicyclic amines) is 1. The van der Waals surface area contributed by atoms with Gasteiger partial charge in [0.2, 0.25) is 29.5 Å². The van der Waals surface area contributed by atoms with Gasteiger partial charge >= 0.3 is 0 Å². The number of hydrogen-bond acceptors (Lipinski definition) is 10. The van der Waals surface area contributed by atoms with E-state index in [2.05, 4.69) is 20.1 Å². The van der Waals surface area contributed by atoms with Gasteiger partial charge in [-0.3, -0.25) is 28.9 Å². The zero-order chi connectivity index (χ0) is 55.3. The number of nitrogens with two attached hydrogens (primary N) is 1. The highest BCUT2D eigenvalue weighted by molar-refractivity contribution is 6.31. The molecule has 0 bridgehead atoms. The molecule has 1 aromatic heterocycles. The lowest BCUT2D eigenvalue weighted by molar-refractivity contribution is -0.148. The smallest absolute Gasteiger partial charge is 0.247 e. The first kappa shape index (κ1) is 57.9. The van der Waals surface area contributed by atoms with E-state index in [1.165, 1.54) is 29.8 Å². The van der Waals surface area contributed by atoms with E-state index in [1.807, 2.05) is 80.0 Å². The average Bonchev–Trinajstić information content (AvgIpc) is 4.10. The van der Waals surface area contributed by atoms with E-state index < -0.39 is 41.8 Å². The highest BCUT2D eigenvalue weighted by Crippen LogP contribution is 2.34. The molecule has 16 nitrogen and oxygen atoms in total. The molecular weight excluding hydrogens is 1030 g/mol. The van der Waals surface area contributed by atoms with Gasteiger partial charge in [-0.05, 0) is 131 Å². The van der Waals surface area contributed by atoms with E-state index in [0.29, 0.717) is 52.8 Å². The van der Waals surface area contributed by atoms with Gasteiger partial charge in [-0.1, -0.05) is 84.6 Å². The fourth-order valence-electron chi connectivity index (χ4n) is 11.3. The van der Waals surface area contributed by atoms with Gasteiger partial charge < -0.3 is 45.1 Å². The number of imidazole rings is 1. The number of nitrogens with one attached hydrogen (secondary N) is 2. The molecule has 5 amide bonds. The number of halogens is 2. The lowest BCUT2D eigenvalue weighted by atomic mass is 9.87. The summed E-state index contributed by atoms with van der Waals surface area (Å²) in [5, 5.41) is 7.17. The summed E-state index contributed by atoms with van der Waals surface area (Å²) in [5.41, 5.74) is 10.4. The third-order valence-electron chi connectivity index (χ3n) is 15.7. The van der Waals surface area contributed by atoms with E-state index in [0.717, 1.165) is 60.7 Å². The molecule has 8 rings (SSSR count). The van der Waals surface area contributed by atoms with Crippen molar-refractivity contribution in [2.24, 2.45) is 18.7 Å². The molecule has 416 valence electrons. The summed E-state index contributed by atoms with van der Waals surface area (Å²) in [5.74, 6) is -1.09. The second-order valence-corrected chi connectivity index (χ2v) is 22.0. The first-order valence-corrected chi connectivity index (χ1v) is 28.1. The largest absolute Gasteiger partial charge is 0.457 e. The number of carbonyl (C=O) groups excluding carboxylic acids is 5. The molecular formula is C60H75Cl2N9O7. The van der Waals surface area contributed by atoms with Crippen molar-refractivity contribution >= 4 is 52.7 Å². The minimum Gasteiger partial charge on any atom is -0.457 e. The van der Waals surface area contributed by atoms with Gasteiger partial charge in [0.15, 0.2) is 0 Å². The average molecular weight is 1110 g/mol. The van der Waals surface area contributed by atoms with Gasteiger partial charge in [-0.15, -0.1) is 0 Å². The van der Waals surface area contributed by atoms with Crippen molar-refractivity contribution in [2.75, 3.05) is 47.4 Å². The highest BCUT2D eigenvalue weighted by atomic mass is 35.5. The van der Waals surface area contributed by atoms with Gasteiger partial charge in [0.05, 0.1) is 43.5 Å². The Balaban J connectivity index is 1.17. The standard InChI is InChI=1S/C60H75Cl2N9O7/c1-67-47(32-41-18-23-45(61)24-19-41)35-56(72)65-49-15-8-9-16-51(49)69(3)59(75)44(31-40-13-6-5-7-14-40)33-57(73)71(52(17-12-28-63)58(74)66-50(39-77-4)60(67)76)37-43-20-25-46(62)34-54(43)78-48-26-21-42(22-27-48)53-36-64-55(68(53)2)38-70-29-10-11-30-70/h5-7,13-14,18-27,34,36,44,47,49-52H,8-12,15-17,28-33,35,37-39,63H2,1-4H3,(H,65,72)(H,66,74). The lowest BCUT2D eigenvalue weighted by Crippen LogP contribution is -2.59.